The molecular weight excluding hydrogens is 280 g/mol. The number of carbonyl (C=O) groups excluding carboxylic acids is 1. The van der Waals surface area contributed by atoms with E-state index in [9.17, 15) is 4.79 Å². The fraction of sp³-hybridized carbons (Fsp3) is 0.955. The molecule has 0 bridgehead atoms. The van der Waals surface area contributed by atoms with Gasteiger partial charge in [-0.15, -0.1) is 0 Å². The quantitative estimate of drug-likeness (QED) is 0.546. The monoisotopic (exact) mass is 316 g/mol. The fourth-order valence-corrected chi connectivity index (χ4v) is 7.99. The molecule has 0 aromatic rings. The molecule has 0 heterocycles. The predicted octanol–water partition coefficient (Wildman–Crippen LogP) is 5.87. The molecule has 0 amide bonds. The second-order valence-corrected chi connectivity index (χ2v) is 10.6. The third-order valence-electron chi connectivity index (χ3n) is 10.2. The molecule has 1 nitrogen and oxygen atoms in total. The van der Waals surface area contributed by atoms with Crippen LogP contribution in [-0.4, -0.2) is 5.78 Å². The van der Waals surface area contributed by atoms with Gasteiger partial charge in [0.25, 0.3) is 0 Å². The minimum absolute atomic E-state index is 0.0365. The van der Waals surface area contributed by atoms with Crippen molar-refractivity contribution in [2.45, 2.75) is 86.0 Å². The molecule has 0 aromatic carbocycles. The molecule has 0 saturated heterocycles. The number of hydrogen-bond acceptors (Lipinski definition) is 1. The van der Waals surface area contributed by atoms with Crippen LogP contribution in [0.5, 0.6) is 0 Å². The number of Topliss-reactive ketones (excluding diaryl/α,β-unsaturated/α-hetero) is 1. The largest absolute Gasteiger partial charge is 0.299 e. The molecule has 1 unspecified atom stereocenters. The molecule has 0 spiro atoms. The first-order valence-electron chi connectivity index (χ1n) is 10.3. The molecule has 0 N–H and O–H groups in total. The third-order valence-corrected chi connectivity index (χ3v) is 10.2. The van der Waals surface area contributed by atoms with E-state index in [-0.39, 0.29) is 5.41 Å². The average Bonchev–Trinajstić information content (AvgIpc) is 2.80. The van der Waals surface area contributed by atoms with Crippen LogP contribution >= 0.6 is 0 Å². The lowest BCUT2D eigenvalue weighted by molar-refractivity contribution is -0.181. The van der Waals surface area contributed by atoms with E-state index >= 15 is 0 Å². The summed E-state index contributed by atoms with van der Waals surface area (Å²) >= 11 is 0. The van der Waals surface area contributed by atoms with Crippen LogP contribution in [0.3, 0.4) is 0 Å². The highest BCUT2D eigenvalue weighted by Gasteiger charge is 2.64. The summed E-state index contributed by atoms with van der Waals surface area (Å²) in [5, 5.41) is 0. The average molecular weight is 317 g/mol. The summed E-state index contributed by atoms with van der Waals surface area (Å²) in [7, 11) is 0. The van der Waals surface area contributed by atoms with Crippen LogP contribution < -0.4 is 0 Å². The highest BCUT2D eigenvalue weighted by atomic mass is 16.1. The first kappa shape index (κ1) is 16.2. The number of rotatable bonds is 0. The van der Waals surface area contributed by atoms with Crippen LogP contribution in [0, 0.1) is 45.8 Å². The van der Waals surface area contributed by atoms with Crippen LogP contribution in [-0.2, 0) is 4.79 Å². The molecular formula is C22H36O. The van der Waals surface area contributed by atoms with E-state index in [1.54, 1.807) is 0 Å². The van der Waals surface area contributed by atoms with Crippen molar-refractivity contribution in [3.63, 3.8) is 0 Å². The molecule has 4 fully saturated rings. The normalized spacial score (nSPS) is 55.0. The van der Waals surface area contributed by atoms with Gasteiger partial charge in [0, 0.05) is 11.8 Å². The van der Waals surface area contributed by atoms with Gasteiger partial charge in [0.2, 0.25) is 0 Å². The Bertz CT molecular complexity index is 520. The van der Waals surface area contributed by atoms with Gasteiger partial charge in [0.05, 0.1) is 0 Å². The minimum atomic E-state index is 0.0365. The van der Waals surface area contributed by atoms with Crippen LogP contribution in [0.1, 0.15) is 86.0 Å². The zero-order valence-corrected chi connectivity index (χ0v) is 16.0. The first-order chi connectivity index (χ1) is 10.7. The van der Waals surface area contributed by atoms with Gasteiger partial charge in [-0.05, 0) is 85.4 Å². The highest BCUT2D eigenvalue weighted by Crippen LogP contribution is 2.70. The second-order valence-electron chi connectivity index (χ2n) is 10.6. The number of ketones is 1. The maximum atomic E-state index is 12.5. The summed E-state index contributed by atoms with van der Waals surface area (Å²) in [6.45, 7) is 12.6. The SMILES string of the molecule is CC1CC[C@@H]2CC[C@@H]3[C@H](CC[C@]4(C)C(=O)CC[C@@H]34)[C@@]2(C)C1(C)C. The number of carbonyl (C=O) groups is 1. The van der Waals surface area contributed by atoms with Gasteiger partial charge in [-0.1, -0.05) is 34.6 Å². The van der Waals surface area contributed by atoms with Crippen molar-refractivity contribution in [3.05, 3.63) is 0 Å². The van der Waals surface area contributed by atoms with Gasteiger partial charge in [0.1, 0.15) is 5.78 Å². The summed E-state index contributed by atoms with van der Waals surface area (Å²) in [5.74, 6) is 4.73. The zero-order valence-electron chi connectivity index (χ0n) is 16.0. The number of hydrogen-bond donors (Lipinski definition) is 0. The predicted molar refractivity (Wildman–Crippen MR) is 95.1 cm³/mol. The highest BCUT2D eigenvalue weighted by molar-refractivity contribution is 5.87. The Kier molecular flexibility index (Phi) is 3.41. The maximum Gasteiger partial charge on any atom is 0.139 e. The first-order valence-corrected chi connectivity index (χ1v) is 10.3. The van der Waals surface area contributed by atoms with Gasteiger partial charge in [0.15, 0.2) is 0 Å². The minimum Gasteiger partial charge on any atom is -0.299 e. The molecule has 0 aromatic heterocycles. The summed E-state index contributed by atoms with van der Waals surface area (Å²) in [4.78, 5) is 12.5. The summed E-state index contributed by atoms with van der Waals surface area (Å²) in [6.07, 6.45) is 10.2. The van der Waals surface area contributed by atoms with Gasteiger partial charge in [-0.2, -0.15) is 0 Å². The van der Waals surface area contributed by atoms with Crippen LogP contribution in [0.4, 0.5) is 0 Å². The Morgan fingerprint density at radius 3 is 2.30 bits per heavy atom. The molecule has 4 rings (SSSR count). The molecule has 0 aliphatic heterocycles. The van der Waals surface area contributed by atoms with Crippen molar-refractivity contribution < 1.29 is 4.79 Å². The Morgan fingerprint density at radius 1 is 0.870 bits per heavy atom. The van der Waals surface area contributed by atoms with Crippen molar-refractivity contribution >= 4 is 5.78 Å². The van der Waals surface area contributed by atoms with E-state index in [0.717, 1.165) is 30.1 Å². The van der Waals surface area contributed by atoms with E-state index in [0.29, 0.717) is 22.5 Å². The van der Waals surface area contributed by atoms with Gasteiger partial charge >= 0.3 is 0 Å². The molecule has 1 heteroatoms. The molecule has 4 aliphatic carbocycles. The van der Waals surface area contributed by atoms with Crippen molar-refractivity contribution in [2.75, 3.05) is 0 Å². The Balaban J connectivity index is 1.73. The van der Waals surface area contributed by atoms with Gasteiger partial charge < -0.3 is 0 Å². The standard InChI is InChI=1S/C22H36O/c1-14-6-7-15-8-9-16-17-10-11-19(23)21(17,4)13-12-18(16)22(15,5)20(14,2)3/h14-18H,6-13H2,1-5H3/t14?,15-,16+,17+,18+,21+,22+/m1/s1. The molecule has 7 atom stereocenters. The van der Waals surface area contributed by atoms with E-state index in [2.05, 4.69) is 34.6 Å². The van der Waals surface area contributed by atoms with E-state index < -0.39 is 0 Å². The molecule has 4 aliphatic rings. The lowest BCUT2D eigenvalue weighted by Crippen LogP contribution is -2.60. The van der Waals surface area contributed by atoms with Gasteiger partial charge in [-0.3, -0.25) is 4.79 Å². The van der Waals surface area contributed by atoms with Crippen LogP contribution in [0.15, 0.2) is 0 Å². The van der Waals surface area contributed by atoms with Crippen LogP contribution in [0.2, 0.25) is 0 Å². The Hall–Kier alpha value is -0.330. The molecule has 130 valence electrons. The summed E-state index contributed by atoms with van der Waals surface area (Å²) < 4.78 is 0. The lowest BCUT2D eigenvalue weighted by Gasteiger charge is -2.66. The van der Waals surface area contributed by atoms with Crippen molar-refractivity contribution in [1.82, 2.24) is 0 Å². The van der Waals surface area contributed by atoms with E-state index in [1.807, 2.05) is 0 Å². The summed E-state index contributed by atoms with van der Waals surface area (Å²) in [5.41, 5.74) is 0.963. The van der Waals surface area contributed by atoms with Crippen molar-refractivity contribution in [2.24, 2.45) is 45.8 Å². The van der Waals surface area contributed by atoms with Crippen molar-refractivity contribution in [3.8, 4) is 0 Å². The van der Waals surface area contributed by atoms with E-state index in [4.69, 9.17) is 0 Å². The molecule has 4 saturated carbocycles. The maximum absolute atomic E-state index is 12.5. The lowest BCUT2D eigenvalue weighted by atomic mass is 9.38. The fourth-order valence-electron chi connectivity index (χ4n) is 7.99. The zero-order chi connectivity index (χ0) is 16.6. The Morgan fingerprint density at radius 2 is 1.57 bits per heavy atom. The Labute approximate surface area is 143 Å². The van der Waals surface area contributed by atoms with Crippen LogP contribution in [0.25, 0.3) is 0 Å². The number of fused-ring (bicyclic) bond motifs is 5. The third kappa shape index (κ3) is 1.83. The van der Waals surface area contributed by atoms with Gasteiger partial charge in [-0.25, -0.2) is 0 Å². The smallest absolute Gasteiger partial charge is 0.139 e. The molecule has 23 heavy (non-hydrogen) atoms. The second kappa shape index (κ2) is 4.85. The van der Waals surface area contributed by atoms with E-state index in [1.165, 1.54) is 44.9 Å². The summed E-state index contributed by atoms with van der Waals surface area (Å²) in [6, 6.07) is 0. The molecule has 0 radical (unpaired) electrons. The van der Waals surface area contributed by atoms with Crippen molar-refractivity contribution in [1.29, 1.82) is 0 Å². The topological polar surface area (TPSA) is 17.1 Å².